The third kappa shape index (κ3) is 1.80. The van der Waals surface area contributed by atoms with Gasteiger partial charge in [0, 0.05) is 4.47 Å². The summed E-state index contributed by atoms with van der Waals surface area (Å²) in [5.41, 5.74) is 0.439. The van der Waals surface area contributed by atoms with Gasteiger partial charge in [-0.15, -0.1) is 0 Å². The fourth-order valence-corrected chi connectivity index (χ4v) is 1.88. The summed E-state index contributed by atoms with van der Waals surface area (Å²) in [6.07, 6.45) is 1.29. The van der Waals surface area contributed by atoms with Crippen LogP contribution in [0.1, 0.15) is 0 Å². The third-order valence-corrected chi connectivity index (χ3v) is 2.71. The van der Waals surface area contributed by atoms with Crippen molar-refractivity contribution in [1.82, 2.24) is 4.98 Å². The van der Waals surface area contributed by atoms with Crippen LogP contribution in [0.15, 0.2) is 28.9 Å². The Morgan fingerprint density at radius 2 is 2.20 bits per heavy atom. The molecule has 15 heavy (non-hydrogen) atoms. The lowest BCUT2D eigenvalue weighted by Crippen LogP contribution is -1.92. The zero-order valence-electron chi connectivity index (χ0n) is 7.28. The van der Waals surface area contributed by atoms with Crippen LogP contribution in [-0.4, -0.2) is 9.91 Å². The highest BCUT2D eigenvalue weighted by Crippen LogP contribution is 2.32. The highest BCUT2D eigenvalue weighted by Gasteiger charge is 2.17. The molecule has 0 amide bonds. The Hall–Kier alpha value is -1.20. The minimum atomic E-state index is -0.500. The van der Waals surface area contributed by atoms with Crippen LogP contribution in [0.4, 0.5) is 5.69 Å². The molecule has 1 aromatic carbocycles. The normalized spacial score (nSPS) is 10.5. The molecule has 0 fully saturated rings. The number of nitrogens with zero attached hydrogens (tertiary/aromatic N) is 2. The Kier molecular flexibility index (Phi) is 2.58. The average molecular weight is 288 g/mol. The Morgan fingerprint density at radius 3 is 2.87 bits per heavy atom. The van der Waals surface area contributed by atoms with Crippen molar-refractivity contribution in [2.45, 2.75) is 0 Å². The van der Waals surface area contributed by atoms with Crippen LogP contribution in [0.5, 0.6) is 0 Å². The van der Waals surface area contributed by atoms with Crippen LogP contribution < -0.4 is 0 Å². The second kappa shape index (κ2) is 3.75. The van der Waals surface area contributed by atoms with Gasteiger partial charge >= 0.3 is 0 Å². The molecule has 0 saturated heterocycles. The van der Waals surface area contributed by atoms with Gasteiger partial charge in [0.25, 0.3) is 5.69 Å². The summed E-state index contributed by atoms with van der Waals surface area (Å²) in [6.45, 7) is 0. The van der Waals surface area contributed by atoms with E-state index in [9.17, 15) is 10.1 Å². The van der Waals surface area contributed by atoms with E-state index in [-0.39, 0.29) is 10.7 Å². The zero-order valence-corrected chi connectivity index (χ0v) is 9.62. The van der Waals surface area contributed by atoms with Crippen LogP contribution in [0.25, 0.3) is 10.9 Å². The number of pyridine rings is 1. The number of nitro groups is 1. The lowest BCUT2D eigenvalue weighted by atomic mass is 10.2. The van der Waals surface area contributed by atoms with Crippen molar-refractivity contribution in [2.75, 3.05) is 0 Å². The molecule has 0 atom stereocenters. The first-order chi connectivity index (χ1) is 7.09. The maximum atomic E-state index is 10.8. The Balaban J connectivity index is 2.88. The summed E-state index contributed by atoms with van der Waals surface area (Å²) in [5, 5.41) is 11.3. The summed E-state index contributed by atoms with van der Waals surface area (Å²) in [4.78, 5) is 14.3. The van der Waals surface area contributed by atoms with Crippen LogP contribution in [0.3, 0.4) is 0 Å². The molecule has 2 aromatic rings. The van der Waals surface area contributed by atoms with Gasteiger partial charge < -0.3 is 0 Å². The molecule has 0 radical (unpaired) electrons. The molecule has 1 heterocycles. The molecule has 4 nitrogen and oxygen atoms in total. The van der Waals surface area contributed by atoms with Crippen molar-refractivity contribution in [3.63, 3.8) is 0 Å². The van der Waals surface area contributed by atoms with E-state index in [0.717, 1.165) is 4.47 Å². The standard InChI is InChI=1S/C9H4BrClN2O2/c10-5-1-2-6-8(3-5)12-4-7(11)9(6)13(14)15/h1-4H. The highest BCUT2D eigenvalue weighted by atomic mass is 79.9. The van der Waals surface area contributed by atoms with E-state index in [1.165, 1.54) is 6.20 Å². The smallest absolute Gasteiger partial charge is 0.258 e. The van der Waals surface area contributed by atoms with E-state index in [1.807, 2.05) is 0 Å². The maximum Gasteiger partial charge on any atom is 0.298 e. The summed E-state index contributed by atoms with van der Waals surface area (Å²) >= 11 is 8.99. The summed E-state index contributed by atoms with van der Waals surface area (Å²) in [7, 11) is 0. The number of aromatic nitrogens is 1. The molecule has 76 valence electrons. The predicted molar refractivity (Wildman–Crippen MR) is 61.1 cm³/mol. The van der Waals surface area contributed by atoms with Gasteiger partial charge in [-0.05, 0) is 18.2 Å². The number of benzene rings is 1. The van der Waals surface area contributed by atoms with Gasteiger partial charge in [0.2, 0.25) is 0 Å². The fourth-order valence-electron chi connectivity index (χ4n) is 1.31. The molecule has 0 spiro atoms. The summed E-state index contributed by atoms with van der Waals surface area (Å²) < 4.78 is 0.819. The van der Waals surface area contributed by atoms with E-state index in [4.69, 9.17) is 11.6 Å². The van der Waals surface area contributed by atoms with Gasteiger partial charge in [-0.3, -0.25) is 15.1 Å². The molecular formula is C9H4BrClN2O2. The first-order valence-corrected chi connectivity index (χ1v) is 5.15. The second-order valence-electron chi connectivity index (χ2n) is 2.87. The fraction of sp³-hybridized carbons (Fsp3) is 0. The van der Waals surface area contributed by atoms with Crippen LogP contribution in [-0.2, 0) is 0 Å². The largest absolute Gasteiger partial charge is 0.298 e. The van der Waals surface area contributed by atoms with Crippen molar-refractivity contribution in [2.24, 2.45) is 0 Å². The molecule has 0 bridgehead atoms. The van der Waals surface area contributed by atoms with Crippen molar-refractivity contribution in [3.8, 4) is 0 Å². The topological polar surface area (TPSA) is 56.0 Å². The van der Waals surface area contributed by atoms with Crippen molar-refractivity contribution in [3.05, 3.63) is 44.0 Å². The van der Waals surface area contributed by atoms with Gasteiger partial charge in [-0.1, -0.05) is 27.5 Å². The van der Waals surface area contributed by atoms with Crippen molar-refractivity contribution >= 4 is 44.1 Å². The molecule has 0 aliphatic rings. The maximum absolute atomic E-state index is 10.8. The van der Waals surface area contributed by atoms with Crippen LogP contribution in [0, 0.1) is 10.1 Å². The number of rotatable bonds is 1. The van der Waals surface area contributed by atoms with E-state index >= 15 is 0 Å². The monoisotopic (exact) mass is 286 g/mol. The minimum absolute atomic E-state index is 0.0508. The number of fused-ring (bicyclic) bond motifs is 1. The lowest BCUT2D eigenvalue weighted by Gasteiger charge is -2.00. The Labute approximate surface area is 98.2 Å². The molecule has 0 unspecified atom stereocenters. The number of halogens is 2. The van der Waals surface area contributed by atoms with Crippen molar-refractivity contribution < 1.29 is 4.92 Å². The third-order valence-electron chi connectivity index (χ3n) is 1.94. The molecule has 0 N–H and O–H groups in total. The van der Waals surface area contributed by atoms with Crippen LogP contribution in [0.2, 0.25) is 5.02 Å². The van der Waals surface area contributed by atoms with Gasteiger partial charge in [0.05, 0.1) is 22.0 Å². The quantitative estimate of drug-likeness (QED) is 0.595. The second-order valence-corrected chi connectivity index (χ2v) is 4.20. The van der Waals surface area contributed by atoms with E-state index < -0.39 is 4.92 Å². The van der Waals surface area contributed by atoms with Gasteiger partial charge in [-0.2, -0.15) is 0 Å². The summed E-state index contributed by atoms with van der Waals surface area (Å²) in [6, 6.07) is 5.04. The highest BCUT2D eigenvalue weighted by molar-refractivity contribution is 9.10. The molecule has 0 aliphatic heterocycles. The molecule has 1 aromatic heterocycles. The Bertz CT molecular complexity index is 559. The van der Waals surface area contributed by atoms with Crippen molar-refractivity contribution in [1.29, 1.82) is 0 Å². The molecule has 0 aliphatic carbocycles. The first-order valence-electron chi connectivity index (χ1n) is 3.98. The average Bonchev–Trinajstić information content (AvgIpc) is 2.17. The molecule has 6 heteroatoms. The Morgan fingerprint density at radius 1 is 1.47 bits per heavy atom. The minimum Gasteiger partial charge on any atom is -0.258 e. The van der Waals surface area contributed by atoms with Gasteiger partial charge in [-0.25, -0.2) is 0 Å². The molecular weight excluding hydrogens is 283 g/mol. The van der Waals surface area contributed by atoms with Gasteiger partial charge in [0.15, 0.2) is 0 Å². The summed E-state index contributed by atoms with van der Waals surface area (Å²) in [5.74, 6) is 0. The molecule has 2 rings (SSSR count). The van der Waals surface area contributed by atoms with Gasteiger partial charge in [0.1, 0.15) is 5.02 Å². The first kappa shape index (κ1) is 10.3. The lowest BCUT2D eigenvalue weighted by molar-refractivity contribution is -0.382. The van der Waals surface area contributed by atoms with Crippen LogP contribution >= 0.6 is 27.5 Å². The van der Waals surface area contributed by atoms with E-state index in [2.05, 4.69) is 20.9 Å². The SMILES string of the molecule is O=[N+]([O-])c1c(Cl)cnc2cc(Br)ccc12. The molecule has 0 saturated carbocycles. The number of hydrogen-bond acceptors (Lipinski definition) is 3. The van der Waals surface area contributed by atoms with E-state index in [0.29, 0.717) is 10.9 Å². The number of hydrogen-bond donors (Lipinski definition) is 0. The predicted octanol–water partition coefficient (Wildman–Crippen LogP) is 3.56. The zero-order chi connectivity index (χ0) is 11.0. The van der Waals surface area contributed by atoms with E-state index in [1.54, 1.807) is 18.2 Å².